The van der Waals surface area contributed by atoms with Crippen LogP contribution in [0.3, 0.4) is 0 Å². The molecular formula is C41H37IrN3O-2. The molecule has 5 heteroatoms. The Morgan fingerprint density at radius 3 is 2.33 bits per heavy atom. The first-order valence-corrected chi connectivity index (χ1v) is 14.9. The standard InChI is InChI=1S/C29H27N2O.C12H10N.Ir/c1-19-8-13-24-23-6-5-7-25(27(23)32-28(24)31-19)26-17-22(14-15-30-26)16-20-9-11-21(12-10-20)18-29(2,3)4;1-10-7-8-12(13-9-10)11-5-3-2-4-6-11;/h5-6,8-15,17H,16,18H2,1-4H3;2-5,7-9H,1H3;/q2*-1;/i2*1D3;. The summed E-state index contributed by atoms with van der Waals surface area (Å²) in [7, 11) is 0. The monoisotopic (exact) mass is 786 g/mol. The summed E-state index contributed by atoms with van der Waals surface area (Å²) in [5.74, 6) is 0. The summed E-state index contributed by atoms with van der Waals surface area (Å²) in [6, 6.07) is 37.0. The van der Waals surface area contributed by atoms with Crippen LogP contribution in [0.25, 0.3) is 44.6 Å². The van der Waals surface area contributed by atoms with E-state index in [1.807, 2.05) is 36.4 Å². The number of pyridine rings is 3. The van der Waals surface area contributed by atoms with Gasteiger partial charge in [-0.3, -0.25) is 0 Å². The van der Waals surface area contributed by atoms with Crippen molar-refractivity contribution in [1.82, 2.24) is 15.0 Å². The minimum Gasteiger partial charge on any atom is -0.486 e. The van der Waals surface area contributed by atoms with Gasteiger partial charge in [0.2, 0.25) is 5.71 Å². The van der Waals surface area contributed by atoms with Gasteiger partial charge < -0.3 is 14.4 Å². The SMILES string of the molecule is [2H]C([2H])([2H])c1ccc(-c2[c-]cccc2)nc1.[2H]C([2H])([2H])c1ccc2c(n1)oc1c(-c3cc(Cc4ccc(CC(C)(C)C)cc4)ccn3)[c-]ccc12.[Ir]. The predicted molar refractivity (Wildman–Crippen MR) is 184 cm³/mol. The molecule has 0 bridgehead atoms. The molecule has 0 atom stereocenters. The number of aryl methyl sites for hydroxylation is 2. The van der Waals surface area contributed by atoms with Crippen LogP contribution in [0.1, 0.15) is 56.9 Å². The second kappa shape index (κ2) is 14.3. The molecule has 1 radical (unpaired) electrons. The Hall–Kier alpha value is -4.44. The van der Waals surface area contributed by atoms with Gasteiger partial charge >= 0.3 is 0 Å². The van der Waals surface area contributed by atoms with Crippen LogP contribution in [0.15, 0.2) is 114 Å². The van der Waals surface area contributed by atoms with Gasteiger partial charge in [-0.25, -0.2) is 4.98 Å². The molecule has 0 aliphatic carbocycles. The van der Waals surface area contributed by atoms with E-state index in [-0.39, 0.29) is 36.8 Å². The second-order valence-corrected chi connectivity index (χ2v) is 12.2. The zero-order valence-corrected chi connectivity index (χ0v) is 28.3. The van der Waals surface area contributed by atoms with E-state index in [0.29, 0.717) is 11.3 Å². The summed E-state index contributed by atoms with van der Waals surface area (Å²) in [5, 5.41) is 1.63. The van der Waals surface area contributed by atoms with Crippen molar-refractivity contribution in [2.45, 2.75) is 47.3 Å². The fourth-order valence-corrected chi connectivity index (χ4v) is 5.26. The van der Waals surface area contributed by atoms with E-state index in [2.05, 4.69) is 78.2 Å². The van der Waals surface area contributed by atoms with Gasteiger partial charge in [0, 0.05) is 51.8 Å². The summed E-state index contributed by atoms with van der Waals surface area (Å²) in [6.45, 7) is 2.37. The molecule has 46 heavy (non-hydrogen) atoms. The second-order valence-electron chi connectivity index (χ2n) is 12.2. The van der Waals surface area contributed by atoms with E-state index in [9.17, 15) is 0 Å². The third-order valence-electron chi connectivity index (χ3n) is 7.29. The van der Waals surface area contributed by atoms with Crippen molar-refractivity contribution < 1.29 is 32.7 Å². The Morgan fingerprint density at radius 1 is 0.761 bits per heavy atom. The number of hydrogen-bond donors (Lipinski definition) is 0. The summed E-state index contributed by atoms with van der Waals surface area (Å²) in [4.78, 5) is 13.0. The molecule has 0 fully saturated rings. The van der Waals surface area contributed by atoms with Crippen LogP contribution in [0.4, 0.5) is 0 Å². The Labute approximate surface area is 293 Å². The molecule has 3 aromatic carbocycles. The maximum atomic E-state index is 7.64. The van der Waals surface area contributed by atoms with Crippen molar-refractivity contribution in [3.05, 3.63) is 150 Å². The first-order valence-electron chi connectivity index (χ1n) is 17.9. The van der Waals surface area contributed by atoms with Crippen LogP contribution in [0.5, 0.6) is 0 Å². The summed E-state index contributed by atoms with van der Waals surface area (Å²) in [6.07, 6.45) is 5.04. The van der Waals surface area contributed by atoms with Crippen molar-refractivity contribution in [1.29, 1.82) is 0 Å². The molecule has 0 amide bonds. The normalized spacial score (nSPS) is 13.6. The van der Waals surface area contributed by atoms with Crippen molar-refractivity contribution in [3.63, 3.8) is 0 Å². The molecule has 4 heterocycles. The maximum Gasteiger partial charge on any atom is 0.216 e. The van der Waals surface area contributed by atoms with E-state index < -0.39 is 13.7 Å². The first kappa shape index (κ1) is 25.7. The smallest absolute Gasteiger partial charge is 0.216 e. The van der Waals surface area contributed by atoms with E-state index >= 15 is 0 Å². The van der Waals surface area contributed by atoms with Gasteiger partial charge in [-0.05, 0) is 83.8 Å². The van der Waals surface area contributed by atoms with E-state index in [4.69, 9.17) is 12.6 Å². The Balaban J connectivity index is 0.000000258. The molecule has 233 valence electrons. The number of fused-ring (bicyclic) bond motifs is 3. The molecule has 0 N–H and O–H groups in total. The first-order chi connectivity index (χ1) is 24.1. The van der Waals surface area contributed by atoms with Crippen LogP contribution < -0.4 is 0 Å². The minimum atomic E-state index is -2.29. The molecule has 0 unspecified atom stereocenters. The summed E-state index contributed by atoms with van der Waals surface area (Å²) in [5.41, 5.74) is 8.26. The van der Waals surface area contributed by atoms with E-state index in [1.54, 1.807) is 30.5 Å². The fraction of sp³-hybridized carbons (Fsp3) is 0.195. The predicted octanol–water partition coefficient (Wildman–Crippen LogP) is 10.2. The van der Waals surface area contributed by atoms with Crippen LogP contribution in [-0.4, -0.2) is 15.0 Å². The van der Waals surface area contributed by atoms with Crippen LogP contribution >= 0.6 is 0 Å². The molecule has 7 aromatic rings. The van der Waals surface area contributed by atoms with Crippen molar-refractivity contribution >= 4 is 22.1 Å². The number of benzene rings is 3. The van der Waals surface area contributed by atoms with Gasteiger partial charge in [0.05, 0.1) is 5.58 Å². The Morgan fingerprint density at radius 2 is 1.61 bits per heavy atom. The van der Waals surface area contributed by atoms with Crippen molar-refractivity contribution in [2.24, 2.45) is 5.41 Å². The van der Waals surface area contributed by atoms with Gasteiger partial charge in [-0.1, -0.05) is 74.2 Å². The van der Waals surface area contributed by atoms with Crippen LogP contribution in [-0.2, 0) is 32.9 Å². The van der Waals surface area contributed by atoms with Gasteiger partial charge in [0.25, 0.3) is 0 Å². The zero-order chi connectivity index (χ0) is 36.4. The number of aromatic nitrogens is 3. The molecule has 7 rings (SSSR count). The Kier molecular flexibility index (Phi) is 8.01. The zero-order valence-electron chi connectivity index (χ0n) is 31.9. The van der Waals surface area contributed by atoms with Crippen LogP contribution in [0, 0.1) is 31.3 Å². The Bertz CT molecular complexity index is 2260. The fourth-order valence-electron chi connectivity index (χ4n) is 5.26. The third-order valence-corrected chi connectivity index (χ3v) is 7.29. The van der Waals surface area contributed by atoms with Gasteiger partial charge in [0.1, 0.15) is 0 Å². The average Bonchev–Trinajstić information content (AvgIpc) is 3.47. The summed E-state index contributed by atoms with van der Waals surface area (Å²) < 4.78 is 50.7. The van der Waals surface area contributed by atoms with Gasteiger partial charge in [-0.2, -0.15) is 0 Å². The molecule has 0 aliphatic heterocycles. The molecule has 0 saturated carbocycles. The van der Waals surface area contributed by atoms with Gasteiger partial charge in [-0.15, -0.1) is 54.1 Å². The van der Waals surface area contributed by atoms with Gasteiger partial charge in [0.15, 0.2) is 0 Å². The van der Waals surface area contributed by atoms with Crippen molar-refractivity contribution in [2.75, 3.05) is 0 Å². The topological polar surface area (TPSA) is 51.8 Å². The van der Waals surface area contributed by atoms with E-state index in [0.717, 1.165) is 51.7 Å². The largest absolute Gasteiger partial charge is 0.486 e. The van der Waals surface area contributed by atoms with E-state index in [1.165, 1.54) is 23.4 Å². The summed E-state index contributed by atoms with van der Waals surface area (Å²) >= 11 is 0. The molecule has 0 aliphatic rings. The quantitative estimate of drug-likeness (QED) is 0.163. The molecule has 0 saturated heterocycles. The number of hydrogen-bond acceptors (Lipinski definition) is 4. The molecular weight excluding hydrogens is 743 g/mol. The average molecular weight is 786 g/mol. The molecule has 0 spiro atoms. The minimum absolute atomic E-state index is 0. The molecule has 4 nitrogen and oxygen atoms in total. The van der Waals surface area contributed by atoms with Crippen LogP contribution in [0.2, 0.25) is 0 Å². The van der Waals surface area contributed by atoms with Crippen molar-refractivity contribution in [3.8, 4) is 22.5 Å². The number of rotatable bonds is 5. The number of nitrogens with zero attached hydrogens (tertiary/aromatic N) is 3. The molecule has 4 aromatic heterocycles. The third kappa shape index (κ3) is 8.03. The number of furan rings is 1. The maximum absolute atomic E-state index is 7.64.